The lowest BCUT2D eigenvalue weighted by Gasteiger charge is -2.20. The molecule has 0 heterocycles. The lowest BCUT2D eigenvalue weighted by molar-refractivity contribution is -0.118. The van der Waals surface area contributed by atoms with E-state index in [1.54, 1.807) is 6.07 Å². The van der Waals surface area contributed by atoms with Crippen molar-refractivity contribution in [3.8, 4) is 0 Å². The van der Waals surface area contributed by atoms with Crippen LogP contribution >= 0.6 is 0 Å². The molecule has 0 aliphatic heterocycles. The van der Waals surface area contributed by atoms with E-state index >= 15 is 0 Å². The second kappa shape index (κ2) is 9.00. The van der Waals surface area contributed by atoms with Crippen LogP contribution < -0.4 is 10.6 Å². The molecule has 0 aliphatic carbocycles. The second-order valence-corrected chi connectivity index (χ2v) is 6.83. The quantitative estimate of drug-likeness (QED) is 0.678. The lowest BCUT2D eigenvalue weighted by atomic mass is 10.0. The maximum Gasteiger partial charge on any atom is 0.252 e. The third-order valence-corrected chi connectivity index (χ3v) is 4.70. The van der Waals surface area contributed by atoms with Gasteiger partial charge in [0.25, 0.3) is 5.91 Å². The zero-order chi connectivity index (χ0) is 19.9. The summed E-state index contributed by atoms with van der Waals surface area (Å²) >= 11 is 0. The average molecular weight is 372 g/mol. The number of hydrogen-bond donors (Lipinski definition) is 2. The number of nitrogens with one attached hydrogen (secondary N) is 2. The van der Waals surface area contributed by atoms with E-state index in [9.17, 15) is 9.59 Å². The summed E-state index contributed by atoms with van der Waals surface area (Å²) in [4.78, 5) is 25.8. The number of rotatable bonds is 6. The van der Waals surface area contributed by atoms with Crippen molar-refractivity contribution in [3.63, 3.8) is 0 Å². The van der Waals surface area contributed by atoms with Crippen molar-refractivity contribution in [3.05, 3.63) is 101 Å². The van der Waals surface area contributed by atoms with Crippen molar-refractivity contribution in [1.29, 1.82) is 0 Å². The number of aryl methyl sites for hydroxylation is 2. The average Bonchev–Trinajstić information content (AvgIpc) is 2.70. The fourth-order valence-corrected chi connectivity index (χ4v) is 3.06. The standard InChI is InChI=1S/C24H24N2O2/c1-17-10-6-8-14-20(17)23(27)26-22(16-19-12-4-3-5-13-19)24(28)25-21-15-9-7-11-18(21)2/h3-15,22H,16H2,1-2H3,(H,25,28)(H,26,27). The Kier molecular flexibility index (Phi) is 6.22. The van der Waals surface area contributed by atoms with Gasteiger partial charge < -0.3 is 10.6 Å². The zero-order valence-corrected chi connectivity index (χ0v) is 16.1. The lowest BCUT2D eigenvalue weighted by Crippen LogP contribution is -2.45. The monoisotopic (exact) mass is 372 g/mol. The molecule has 4 heteroatoms. The first kappa shape index (κ1) is 19.4. The molecule has 0 bridgehead atoms. The maximum absolute atomic E-state index is 13.0. The third kappa shape index (κ3) is 4.86. The summed E-state index contributed by atoms with van der Waals surface area (Å²) < 4.78 is 0. The summed E-state index contributed by atoms with van der Waals surface area (Å²) in [5.74, 6) is -0.487. The molecule has 1 atom stereocenters. The van der Waals surface area contributed by atoms with Gasteiger partial charge in [-0.2, -0.15) is 0 Å². The van der Waals surface area contributed by atoms with Gasteiger partial charge in [-0.25, -0.2) is 0 Å². The zero-order valence-electron chi connectivity index (χ0n) is 16.1. The van der Waals surface area contributed by atoms with Gasteiger partial charge >= 0.3 is 0 Å². The number of hydrogen-bond acceptors (Lipinski definition) is 2. The smallest absolute Gasteiger partial charge is 0.252 e. The Morgan fingerprint density at radius 2 is 1.39 bits per heavy atom. The molecule has 2 N–H and O–H groups in total. The Morgan fingerprint density at radius 3 is 2.07 bits per heavy atom. The molecular weight excluding hydrogens is 348 g/mol. The van der Waals surface area contributed by atoms with Crippen molar-refractivity contribution in [2.75, 3.05) is 5.32 Å². The van der Waals surface area contributed by atoms with Crippen LogP contribution in [0, 0.1) is 13.8 Å². The molecule has 4 nitrogen and oxygen atoms in total. The van der Waals surface area contributed by atoms with Crippen LogP contribution in [0.1, 0.15) is 27.0 Å². The first-order chi connectivity index (χ1) is 13.5. The molecule has 1 unspecified atom stereocenters. The molecule has 3 rings (SSSR count). The first-order valence-electron chi connectivity index (χ1n) is 9.31. The summed E-state index contributed by atoms with van der Waals surface area (Å²) in [6.07, 6.45) is 0.413. The Hall–Kier alpha value is -3.40. The minimum absolute atomic E-state index is 0.236. The van der Waals surface area contributed by atoms with Gasteiger partial charge in [-0.3, -0.25) is 9.59 Å². The Labute approximate surface area is 165 Å². The molecule has 0 saturated heterocycles. The molecule has 3 aromatic rings. The summed E-state index contributed by atoms with van der Waals surface area (Å²) in [7, 11) is 0. The van der Waals surface area contributed by atoms with E-state index in [4.69, 9.17) is 0 Å². The van der Waals surface area contributed by atoms with Crippen LogP contribution in [0.25, 0.3) is 0 Å². The van der Waals surface area contributed by atoms with Gasteiger partial charge in [-0.1, -0.05) is 66.7 Å². The largest absolute Gasteiger partial charge is 0.340 e. The number of amides is 2. The highest BCUT2D eigenvalue weighted by Gasteiger charge is 2.23. The maximum atomic E-state index is 13.0. The van der Waals surface area contributed by atoms with Crippen LogP contribution in [-0.4, -0.2) is 17.9 Å². The SMILES string of the molecule is Cc1ccccc1NC(=O)C(Cc1ccccc1)NC(=O)c1ccccc1C. The third-order valence-electron chi connectivity index (χ3n) is 4.70. The molecule has 0 spiro atoms. The highest BCUT2D eigenvalue weighted by Crippen LogP contribution is 2.15. The van der Waals surface area contributed by atoms with Crippen molar-refractivity contribution >= 4 is 17.5 Å². The molecule has 0 saturated carbocycles. The van der Waals surface area contributed by atoms with Gasteiger partial charge in [0.15, 0.2) is 0 Å². The predicted molar refractivity (Wildman–Crippen MR) is 112 cm³/mol. The van der Waals surface area contributed by atoms with E-state index < -0.39 is 6.04 Å². The molecule has 0 radical (unpaired) electrons. The van der Waals surface area contributed by atoms with E-state index in [2.05, 4.69) is 10.6 Å². The summed E-state index contributed by atoms with van der Waals surface area (Å²) in [5, 5.41) is 5.86. The van der Waals surface area contributed by atoms with Crippen molar-refractivity contribution in [2.45, 2.75) is 26.3 Å². The van der Waals surface area contributed by atoms with Crippen molar-refractivity contribution in [1.82, 2.24) is 5.32 Å². The van der Waals surface area contributed by atoms with E-state index in [1.165, 1.54) is 0 Å². The fourth-order valence-electron chi connectivity index (χ4n) is 3.06. The summed E-state index contributed by atoms with van der Waals surface area (Å²) in [5.41, 5.74) is 4.15. The molecule has 0 aliphatic rings. The van der Waals surface area contributed by atoms with Gasteiger partial charge in [0.1, 0.15) is 6.04 Å². The van der Waals surface area contributed by atoms with Crippen molar-refractivity contribution < 1.29 is 9.59 Å². The van der Waals surface area contributed by atoms with Crippen LogP contribution in [0.3, 0.4) is 0 Å². The van der Waals surface area contributed by atoms with Crippen LogP contribution in [0.4, 0.5) is 5.69 Å². The fraction of sp³-hybridized carbons (Fsp3) is 0.167. The number of carbonyl (C=O) groups excluding carboxylic acids is 2. The van der Waals surface area contributed by atoms with E-state index in [1.807, 2.05) is 86.6 Å². The number of anilines is 1. The van der Waals surface area contributed by atoms with Crippen molar-refractivity contribution in [2.24, 2.45) is 0 Å². The Morgan fingerprint density at radius 1 is 0.786 bits per heavy atom. The van der Waals surface area contributed by atoms with Crippen LogP contribution in [0.5, 0.6) is 0 Å². The predicted octanol–water partition coefficient (Wildman–Crippen LogP) is 4.28. The van der Waals surface area contributed by atoms with Gasteiger partial charge in [0, 0.05) is 17.7 Å². The highest BCUT2D eigenvalue weighted by atomic mass is 16.2. The summed E-state index contributed by atoms with van der Waals surface area (Å²) in [6, 6.07) is 24.0. The van der Waals surface area contributed by atoms with Crippen LogP contribution in [0.2, 0.25) is 0 Å². The highest BCUT2D eigenvalue weighted by molar-refractivity contribution is 6.02. The normalized spacial score (nSPS) is 11.5. The molecule has 0 fully saturated rings. The molecular formula is C24H24N2O2. The van der Waals surface area contributed by atoms with Crippen LogP contribution in [0.15, 0.2) is 78.9 Å². The number of para-hydroxylation sites is 1. The van der Waals surface area contributed by atoms with Gasteiger partial charge in [0.2, 0.25) is 5.91 Å². The summed E-state index contributed by atoms with van der Waals surface area (Å²) in [6.45, 7) is 3.82. The van der Waals surface area contributed by atoms with E-state index in [0.717, 1.165) is 22.4 Å². The number of benzene rings is 3. The second-order valence-electron chi connectivity index (χ2n) is 6.83. The molecule has 142 valence electrons. The van der Waals surface area contributed by atoms with Crippen LogP contribution in [-0.2, 0) is 11.2 Å². The van der Waals surface area contributed by atoms with Gasteiger partial charge in [-0.05, 0) is 42.7 Å². The molecule has 28 heavy (non-hydrogen) atoms. The molecule has 3 aromatic carbocycles. The minimum Gasteiger partial charge on any atom is -0.340 e. The first-order valence-corrected chi connectivity index (χ1v) is 9.31. The van der Waals surface area contributed by atoms with E-state index in [-0.39, 0.29) is 11.8 Å². The topological polar surface area (TPSA) is 58.2 Å². The minimum atomic E-state index is -0.686. The molecule has 0 aromatic heterocycles. The van der Waals surface area contributed by atoms with Gasteiger partial charge in [0.05, 0.1) is 0 Å². The van der Waals surface area contributed by atoms with E-state index in [0.29, 0.717) is 12.0 Å². The van der Waals surface area contributed by atoms with Gasteiger partial charge in [-0.15, -0.1) is 0 Å². The Bertz CT molecular complexity index is 967. The molecule has 2 amide bonds. The number of carbonyl (C=O) groups is 2. The Balaban J connectivity index is 1.82.